The quantitative estimate of drug-likeness (QED) is 0.369. The van der Waals surface area contributed by atoms with Crippen LogP contribution in [0, 0.1) is 0 Å². The summed E-state index contributed by atoms with van der Waals surface area (Å²) in [6, 6.07) is 14.1. The van der Waals surface area contributed by atoms with Gasteiger partial charge in [-0.25, -0.2) is 4.79 Å². The van der Waals surface area contributed by atoms with Crippen LogP contribution in [-0.4, -0.2) is 5.97 Å². The Morgan fingerprint density at radius 1 is 1.00 bits per heavy atom. The molecule has 2 aromatic rings. The predicted octanol–water partition coefficient (Wildman–Crippen LogP) is 6.19. The van der Waals surface area contributed by atoms with E-state index in [0.717, 1.165) is 23.1 Å². The molecule has 2 aromatic carbocycles. The van der Waals surface area contributed by atoms with E-state index in [2.05, 4.69) is 59.1 Å². The van der Waals surface area contributed by atoms with Crippen molar-refractivity contribution < 1.29 is 9.53 Å². The van der Waals surface area contributed by atoms with E-state index in [0.29, 0.717) is 5.75 Å². The summed E-state index contributed by atoms with van der Waals surface area (Å²) in [6.45, 7) is 17.0. The van der Waals surface area contributed by atoms with Crippen LogP contribution in [-0.2, 0) is 15.6 Å². The van der Waals surface area contributed by atoms with E-state index >= 15 is 0 Å². The Bertz CT molecular complexity index is 916. The van der Waals surface area contributed by atoms with E-state index in [1.54, 1.807) is 6.07 Å². The third kappa shape index (κ3) is 3.62. The van der Waals surface area contributed by atoms with Crippen LogP contribution in [0.3, 0.4) is 0 Å². The molecule has 3 rings (SSSR count). The molecule has 0 spiro atoms. The summed E-state index contributed by atoms with van der Waals surface area (Å²) < 4.78 is 5.41. The average molecular weight is 360 g/mol. The normalized spacial score (nSPS) is 16.9. The van der Waals surface area contributed by atoms with Crippen molar-refractivity contribution in [1.82, 2.24) is 0 Å². The second kappa shape index (κ2) is 6.84. The third-order valence-corrected chi connectivity index (χ3v) is 5.79. The van der Waals surface area contributed by atoms with Gasteiger partial charge in [0.05, 0.1) is 0 Å². The number of hydrogen-bond acceptors (Lipinski definition) is 2. The molecule has 0 unspecified atom stereocenters. The highest BCUT2D eigenvalue weighted by molar-refractivity contribution is 5.87. The number of esters is 1. The van der Waals surface area contributed by atoms with Gasteiger partial charge in [-0.05, 0) is 52.0 Å². The molecule has 0 radical (unpaired) electrons. The third-order valence-electron chi connectivity index (χ3n) is 5.79. The molecule has 0 aromatic heterocycles. The summed E-state index contributed by atoms with van der Waals surface area (Å²) in [7, 11) is 0. The lowest BCUT2D eigenvalue weighted by atomic mass is 9.63. The van der Waals surface area contributed by atoms with Crippen LogP contribution in [0.4, 0.5) is 0 Å². The molecule has 140 valence electrons. The van der Waals surface area contributed by atoms with Crippen molar-refractivity contribution in [3.63, 3.8) is 0 Å². The molecule has 0 fully saturated rings. The number of ether oxygens (including phenoxy) is 1. The molecule has 0 atom stereocenters. The molecular weight excluding hydrogens is 332 g/mol. The van der Waals surface area contributed by atoms with Gasteiger partial charge in [0.2, 0.25) is 0 Å². The highest BCUT2D eigenvalue weighted by Gasteiger charge is 2.37. The lowest BCUT2D eigenvalue weighted by Gasteiger charge is -2.42. The van der Waals surface area contributed by atoms with Crippen LogP contribution in [0.15, 0.2) is 61.7 Å². The highest BCUT2D eigenvalue weighted by Crippen LogP contribution is 2.46. The van der Waals surface area contributed by atoms with E-state index in [9.17, 15) is 4.79 Å². The van der Waals surface area contributed by atoms with Crippen LogP contribution in [0.1, 0.15) is 62.8 Å². The summed E-state index contributed by atoms with van der Waals surface area (Å²) in [6.07, 6.45) is 3.52. The maximum absolute atomic E-state index is 11.7. The maximum Gasteiger partial charge on any atom is 0.335 e. The topological polar surface area (TPSA) is 26.3 Å². The summed E-state index contributed by atoms with van der Waals surface area (Å²) >= 11 is 0. The molecule has 0 bridgehead atoms. The van der Waals surface area contributed by atoms with E-state index in [1.165, 1.54) is 23.6 Å². The second-order valence-corrected chi connectivity index (χ2v) is 8.63. The van der Waals surface area contributed by atoms with E-state index in [4.69, 9.17) is 4.74 Å². The fraction of sp³-hybridized carbons (Fsp3) is 0.320. The van der Waals surface area contributed by atoms with Crippen molar-refractivity contribution in [2.24, 2.45) is 0 Å². The summed E-state index contributed by atoms with van der Waals surface area (Å²) in [5.41, 5.74) is 5.85. The Morgan fingerprint density at radius 2 is 1.63 bits per heavy atom. The molecule has 0 aliphatic heterocycles. The first-order valence-electron chi connectivity index (χ1n) is 9.44. The molecule has 0 N–H and O–H groups in total. The van der Waals surface area contributed by atoms with Gasteiger partial charge < -0.3 is 4.74 Å². The van der Waals surface area contributed by atoms with E-state index in [1.807, 2.05) is 18.2 Å². The van der Waals surface area contributed by atoms with Gasteiger partial charge in [-0.1, -0.05) is 77.3 Å². The zero-order chi connectivity index (χ0) is 19.8. The molecule has 2 nitrogen and oxygen atoms in total. The van der Waals surface area contributed by atoms with Gasteiger partial charge in [0.15, 0.2) is 0 Å². The minimum Gasteiger partial charge on any atom is -0.423 e. The van der Waals surface area contributed by atoms with Gasteiger partial charge in [-0.2, -0.15) is 0 Å². The Morgan fingerprint density at radius 3 is 2.30 bits per heavy atom. The van der Waals surface area contributed by atoms with Gasteiger partial charge >= 0.3 is 5.97 Å². The Balaban J connectivity index is 2.05. The second-order valence-electron chi connectivity index (χ2n) is 8.63. The van der Waals surface area contributed by atoms with Crippen molar-refractivity contribution in [2.45, 2.75) is 51.4 Å². The molecule has 0 saturated heterocycles. The zero-order valence-electron chi connectivity index (χ0n) is 16.8. The first-order chi connectivity index (χ1) is 12.7. The number of carbonyl (C=O) groups is 1. The minimum atomic E-state index is -0.469. The van der Waals surface area contributed by atoms with Crippen molar-refractivity contribution in [1.29, 1.82) is 0 Å². The maximum atomic E-state index is 11.7. The van der Waals surface area contributed by atoms with E-state index < -0.39 is 5.97 Å². The number of fused-ring (bicyclic) bond motifs is 1. The molecule has 0 heterocycles. The monoisotopic (exact) mass is 360 g/mol. The predicted molar refractivity (Wildman–Crippen MR) is 112 cm³/mol. The van der Waals surface area contributed by atoms with E-state index in [-0.39, 0.29) is 10.8 Å². The summed E-state index contributed by atoms with van der Waals surface area (Å²) in [5, 5.41) is 0. The number of rotatable bonds is 4. The molecule has 1 aliphatic rings. The zero-order valence-corrected chi connectivity index (χ0v) is 16.8. The first kappa shape index (κ1) is 19.2. The minimum absolute atomic E-state index is 0.135. The Kier molecular flexibility index (Phi) is 4.86. The lowest BCUT2D eigenvalue weighted by molar-refractivity contribution is -0.128. The largest absolute Gasteiger partial charge is 0.423 e. The fourth-order valence-corrected chi connectivity index (χ4v) is 3.89. The van der Waals surface area contributed by atoms with Crippen LogP contribution < -0.4 is 4.74 Å². The van der Waals surface area contributed by atoms with Crippen LogP contribution in [0.5, 0.6) is 5.75 Å². The first-order valence-corrected chi connectivity index (χ1v) is 9.44. The van der Waals surface area contributed by atoms with Gasteiger partial charge in [-0.3, -0.25) is 0 Å². The Hall–Kier alpha value is -2.61. The molecular formula is C25H28O2. The smallest absolute Gasteiger partial charge is 0.335 e. The summed E-state index contributed by atoms with van der Waals surface area (Å²) in [5.74, 6) is 0.0354. The lowest BCUT2D eigenvalue weighted by Crippen LogP contribution is -2.33. The van der Waals surface area contributed by atoms with Crippen LogP contribution in [0.2, 0.25) is 0 Å². The number of benzene rings is 2. The molecule has 27 heavy (non-hydrogen) atoms. The molecule has 0 amide bonds. The average Bonchev–Trinajstić information content (AvgIpc) is 2.65. The van der Waals surface area contributed by atoms with Gasteiger partial charge in [0, 0.05) is 11.6 Å². The van der Waals surface area contributed by atoms with Crippen LogP contribution in [0.25, 0.3) is 5.57 Å². The van der Waals surface area contributed by atoms with Gasteiger partial charge in [-0.15, -0.1) is 0 Å². The summed E-state index contributed by atoms with van der Waals surface area (Å²) in [4.78, 5) is 11.7. The Labute approximate surface area is 162 Å². The number of carbonyl (C=O) groups excluding carboxylic acids is 1. The van der Waals surface area contributed by atoms with Crippen molar-refractivity contribution >= 4 is 11.5 Å². The van der Waals surface area contributed by atoms with Crippen molar-refractivity contribution in [3.05, 3.63) is 84.0 Å². The van der Waals surface area contributed by atoms with Gasteiger partial charge in [0.1, 0.15) is 5.75 Å². The van der Waals surface area contributed by atoms with Crippen LogP contribution >= 0.6 is 0 Å². The number of hydrogen-bond donors (Lipinski definition) is 0. The van der Waals surface area contributed by atoms with Crippen molar-refractivity contribution in [2.75, 3.05) is 0 Å². The number of para-hydroxylation sites is 1. The molecule has 1 aliphatic carbocycles. The fourth-order valence-electron chi connectivity index (χ4n) is 3.89. The molecule has 0 saturated carbocycles. The highest BCUT2D eigenvalue weighted by atomic mass is 16.5. The SMILES string of the molecule is C=CC(=O)Oc1ccccc1C(=C)c1ccc2c(c1)C(C)(C)CCC2(C)C. The van der Waals surface area contributed by atoms with Crippen molar-refractivity contribution in [3.8, 4) is 5.75 Å². The van der Waals surface area contributed by atoms with Gasteiger partial charge in [0.25, 0.3) is 0 Å². The molecule has 2 heteroatoms. The standard InChI is InChI=1S/C25H28O2/c1-7-23(26)27-22-11-9-8-10-19(22)17(2)18-12-13-20-21(16-18)25(5,6)15-14-24(20,3)4/h7-13,16H,1-2,14-15H2,3-6H3.